The summed E-state index contributed by atoms with van der Waals surface area (Å²) in [7, 11) is -6.81. The van der Waals surface area contributed by atoms with Crippen molar-refractivity contribution in [3.8, 4) is 0 Å². The van der Waals surface area contributed by atoms with Crippen molar-refractivity contribution >= 4 is 34.6 Å². The van der Waals surface area contributed by atoms with E-state index >= 15 is 0 Å². The Bertz CT molecular complexity index is 1230. The zero-order valence-electron chi connectivity index (χ0n) is 20.8. The molecule has 4 rings (SSSR count). The topological polar surface area (TPSA) is 63.7 Å². The second kappa shape index (κ2) is 9.72. The lowest BCUT2D eigenvalue weighted by Crippen LogP contribution is -2.67. The van der Waals surface area contributed by atoms with Crippen molar-refractivity contribution in [2.45, 2.75) is 56.5 Å². The monoisotopic (exact) mass is 507 g/mol. The van der Waals surface area contributed by atoms with Gasteiger partial charge in [0.15, 0.2) is 0 Å². The lowest BCUT2D eigenvalue weighted by atomic mass is 10.2. The van der Waals surface area contributed by atoms with E-state index in [-0.39, 0.29) is 28.9 Å². The first-order chi connectivity index (χ1) is 16.6. The Morgan fingerprint density at radius 3 is 1.89 bits per heavy atom. The smallest absolute Gasteiger partial charge is 0.266 e. The minimum atomic E-state index is -3.97. The molecule has 3 aromatic rings. The first-order valence-corrected chi connectivity index (χ1v) is 15.3. The molecule has 1 atom stereocenters. The average molecular weight is 508 g/mol. The number of sulfonamides is 1. The van der Waals surface area contributed by atoms with Crippen molar-refractivity contribution in [1.29, 1.82) is 0 Å². The van der Waals surface area contributed by atoms with E-state index in [9.17, 15) is 13.2 Å². The predicted octanol–water partition coefficient (Wildman–Crippen LogP) is 4.25. The van der Waals surface area contributed by atoms with Crippen LogP contribution in [0.5, 0.6) is 0 Å². The molecule has 1 aliphatic heterocycles. The molecule has 35 heavy (non-hydrogen) atoms. The third kappa shape index (κ3) is 4.72. The fourth-order valence-corrected chi connectivity index (χ4v) is 11.2. The summed E-state index contributed by atoms with van der Waals surface area (Å²) in [5.41, 5.74) is 0.961. The molecule has 0 spiro atoms. The van der Waals surface area contributed by atoms with Gasteiger partial charge in [-0.05, 0) is 40.9 Å². The zero-order chi connectivity index (χ0) is 25.3. The number of hydrogen-bond donors (Lipinski definition) is 0. The Labute approximate surface area is 209 Å². The van der Waals surface area contributed by atoms with Crippen LogP contribution in [0.1, 0.15) is 39.2 Å². The van der Waals surface area contributed by atoms with Crippen molar-refractivity contribution in [2.75, 3.05) is 6.61 Å². The molecule has 0 radical (unpaired) electrons. The van der Waals surface area contributed by atoms with Crippen molar-refractivity contribution in [1.82, 2.24) is 4.31 Å². The van der Waals surface area contributed by atoms with Gasteiger partial charge in [0, 0.05) is 6.42 Å². The number of carbonyl (C=O) groups excluding carboxylic acids is 1. The lowest BCUT2D eigenvalue weighted by Gasteiger charge is -2.44. The first kappa shape index (κ1) is 25.4. The second-order valence-corrected chi connectivity index (χ2v) is 16.3. The third-order valence-electron chi connectivity index (χ3n) is 6.76. The number of aryl methyl sites for hydroxylation is 1. The van der Waals surface area contributed by atoms with E-state index in [1.54, 1.807) is 24.3 Å². The molecule has 1 amide bonds. The van der Waals surface area contributed by atoms with Crippen LogP contribution in [0.15, 0.2) is 89.8 Å². The summed E-state index contributed by atoms with van der Waals surface area (Å²) in [6, 6.07) is 26.5. The summed E-state index contributed by atoms with van der Waals surface area (Å²) < 4.78 is 35.0. The van der Waals surface area contributed by atoms with Gasteiger partial charge in [-0.25, -0.2) is 12.7 Å². The molecule has 1 heterocycles. The van der Waals surface area contributed by atoms with E-state index < -0.39 is 24.4 Å². The van der Waals surface area contributed by atoms with Crippen molar-refractivity contribution in [3.63, 3.8) is 0 Å². The van der Waals surface area contributed by atoms with E-state index in [2.05, 4.69) is 45.0 Å². The fourth-order valence-electron chi connectivity index (χ4n) is 5.01. The maximum Gasteiger partial charge on any atom is 0.266 e. The summed E-state index contributed by atoms with van der Waals surface area (Å²) in [6.07, 6.45) is 0.641. The molecule has 3 aromatic carbocycles. The quantitative estimate of drug-likeness (QED) is 0.449. The predicted molar refractivity (Wildman–Crippen MR) is 142 cm³/mol. The number of benzene rings is 3. The van der Waals surface area contributed by atoms with E-state index in [0.717, 1.165) is 20.2 Å². The standard InChI is InChI=1S/C28H33NO4SSi/c1-22-15-18-24(19-16-22)34(31,32)29-23(17-20-27(29)30)21-33-35(28(2,3)4,25-11-7-5-8-12-25)26-13-9-6-10-14-26/h5-16,18-19,23H,17,20-21H2,1-4H3/t23-/m0/s1. The molecular weight excluding hydrogens is 474 g/mol. The van der Waals surface area contributed by atoms with Crippen LogP contribution >= 0.6 is 0 Å². The fraction of sp³-hybridized carbons (Fsp3) is 0.321. The van der Waals surface area contributed by atoms with Crippen LogP contribution < -0.4 is 10.4 Å². The number of nitrogens with zero attached hydrogens (tertiary/aromatic N) is 1. The van der Waals surface area contributed by atoms with Gasteiger partial charge in [0.1, 0.15) is 0 Å². The molecule has 1 aliphatic rings. The van der Waals surface area contributed by atoms with Crippen LogP contribution in [-0.2, 0) is 19.2 Å². The normalized spacial score (nSPS) is 17.1. The highest BCUT2D eigenvalue weighted by Gasteiger charge is 2.51. The van der Waals surface area contributed by atoms with Gasteiger partial charge < -0.3 is 4.43 Å². The minimum absolute atomic E-state index is 0.133. The summed E-state index contributed by atoms with van der Waals surface area (Å²) in [5.74, 6) is -0.373. The number of amides is 1. The van der Waals surface area contributed by atoms with E-state index in [1.165, 1.54) is 0 Å². The van der Waals surface area contributed by atoms with Crippen LogP contribution in [0.3, 0.4) is 0 Å². The van der Waals surface area contributed by atoms with Gasteiger partial charge in [-0.1, -0.05) is 99.1 Å². The maximum atomic E-state index is 13.5. The third-order valence-corrected chi connectivity index (χ3v) is 13.6. The molecule has 0 bridgehead atoms. The minimum Gasteiger partial charge on any atom is -0.405 e. The van der Waals surface area contributed by atoms with Gasteiger partial charge in [0.25, 0.3) is 18.3 Å². The highest BCUT2D eigenvalue weighted by molar-refractivity contribution is 7.89. The van der Waals surface area contributed by atoms with Gasteiger partial charge in [-0.3, -0.25) is 4.79 Å². The Morgan fingerprint density at radius 1 is 0.886 bits per heavy atom. The van der Waals surface area contributed by atoms with Gasteiger partial charge in [-0.15, -0.1) is 0 Å². The summed E-state index contributed by atoms with van der Waals surface area (Å²) >= 11 is 0. The van der Waals surface area contributed by atoms with Crippen molar-refractivity contribution in [3.05, 3.63) is 90.5 Å². The zero-order valence-corrected chi connectivity index (χ0v) is 22.6. The molecule has 1 fully saturated rings. The van der Waals surface area contributed by atoms with E-state index in [1.807, 2.05) is 43.3 Å². The van der Waals surface area contributed by atoms with Crippen LogP contribution in [-0.4, -0.2) is 39.6 Å². The average Bonchev–Trinajstić information content (AvgIpc) is 3.21. The molecular formula is C28H33NO4SSi. The summed E-state index contributed by atoms with van der Waals surface area (Å²) in [4.78, 5) is 13.0. The van der Waals surface area contributed by atoms with Gasteiger partial charge in [-0.2, -0.15) is 0 Å². The Balaban J connectivity index is 1.73. The SMILES string of the molecule is Cc1ccc(S(=O)(=O)N2C(=O)CC[C@H]2CO[Si](c2ccccc2)(c2ccccc2)C(C)(C)C)cc1. The van der Waals surface area contributed by atoms with Crippen molar-refractivity contribution < 1.29 is 17.6 Å². The van der Waals surface area contributed by atoms with Gasteiger partial charge in [0.05, 0.1) is 17.5 Å². The highest BCUT2D eigenvalue weighted by Crippen LogP contribution is 2.38. The Hall–Kier alpha value is -2.74. The molecule has 184 valence electrons. The van der Waals surface area contributed by atoms with E-state index in [0.29, 0.717) is 6.42 Å². The van der Waals surface area contributed by atoms with Crippen molar-refractivity contribution in [2.24, 2.45) is 0 Å². The van der Waals surface area contributed by atoms with Gasteiger partial charge >= 0.3 is 0 Å². The molecule has 0 unspecified atom stereocenters. The molecule has 7 heteroatoms. The maximum absolute atomic E-state index is 13.5. The molecule has 0 N–H and O–H groups in total. The molecule has 1 saturated heterocycles. The molecule has 0 aliphatic carbocycles. The first-order valence-electron chi connectivity index (χ1n) is 12.0. The summed E-state index contributed by atoms with van der Waals surface area (Å²) in [5, 5.41) is 2.01. The Morgan fingerprint density at radius 2 is 1.40 bits per heavy atom. The molecule has 5 nitrogen and oxygen atoms in total. The van der Waals surface area contributed by atoms with Crippen LogP contribution in [0, 0.1) is 6.92 Å². The molecule has 0 saturated carbocycles. The van der Waals surface area contributed by atoms with Crippen LogP contribution in [0.2, 0.25) is 5.04 Å². The largest absolute Gasteiger partial charge is 0.405 e. The van der Waals surface area contributed by atoms with Gasteiger partial charge in [0.2, 0.25) is 5.91 Å². The van der Waals surface area contributed by atoms with E-state index in [4.69, 9.17) is 4.43 Å². The van der Waals surface area contributed by atoms with Crippen LogP contribution in [0.4, 0.5) is 0 Å². The number of rotatable bonds is 7. The number of hydrogen-bond acceptors (Lipinski definition) is 4. The second-order valence-electron chi connectivity index (χ2n) is 10.2. The van der Waals surface area contributed by atoms with Crippen LogP contribution in [0.25, 0.3) is 0 Å². The highest BCUT2D eigenvalue weighted by atomic mass is 32.2. The molecule has 0 aromatic heterocycles. The lowest BCUT2D eigenvalue weighted by molar-refractivity contribution is -0.124. The summed E-state index contributed by atoms with van der Waals surface area (Å²) in [6.45, 7) is 8.60. The number of carbonyl (C=O) groups is 1. The Kier molecular flexibility index (Phi) is 7.04.